The molecule has 0 heterocycles. The molecule has 1 amide bonds. The van der Waals surface area contributed by atoms with Gasteiger partial charge in [-0.25, -0.2) is 13.1 Å². The topological polar surface area (TPSA) is 92.3 Å². The van der Waals surface area contributed by atoms with Crippen LogP contribution in [0.3, 0.4) is 0 Å². The third-order valence-corrected chi connectivity index (χ3v) is 7.79. The molecule has 7 heteroatoms. The van der Waals surface area contributed by atoms with Crippen LogP contribution in [0.25, 0.3) is 0 Å². The minimum atomic E-state index is -3.74. The predicted molar refractivity (Wildman–Crippen MR) is 100 cm³/mol. The predicted octanol–water partition coefficient (Wildman–Crippen LogP) is 2.25. The van der Waals surface area contributed by atoms with Gasteiger partial charge in [0.25, 0.3) is 0 Å². The van der Waals surface area contributed by atoms with Crippen LogP contribution in [0.4, 0.5) is 5.69 Å². The van der Waals surface area contributed by atoms with Crippen molar-refractivity contribution in [3.05, 3.63) is 29.8 Å². The highest BCUT2D eigenvalue weighted by Gasteiger charge is 2.65. The van der Waals surface area contributed by atoms with Gasteiger partial charge in [-0.3, -0.25) is 9.59 Å². The smallest absolute Gasteiger partial charge is 0.239 e. The number of fused-ring (bicyclic) bond motifs is 2. The van der Waals surface area contributed by atoms with Crippen molar-refractivity contribution in [2.75, 3.05) is 17.6 Å². The van der Waals surface area contributed by atoms with E-state index in [9.17, 15) is 18.0 Å². The van der Waals surface area contributed by atoms with E-state index in [-0.39, 0.29) is 29.4 Å². The number of hydrogen-bond donors (Lipinski definition) is 2. The molecule has 0 aromatic heterocycles. The zero-order valence-corrected chi connectivity index (χ0v) is 16.3. The maximum atomic E-state index is 12.6. The minimum Gasteiger partial charge on any atom is -0.325 e. The average Bonchev–Trinajstić information content (AvgIpc) is 2.87. The number of rotatable bonds is 6. The third kappa shape index (κ3) is 3.30. The molecule has 1 aromatic carbocycles. The van der Waals surface area contributed by atoms with Crippen LogP contribution in [-0.4, -0.2) is 32.4 Å². The number of Topliss-reactive ketones (excluding diaryl/α,β-unsaturated/α-hetero) is 1. The highest BCUT2D eigenvalue weighted by Crippen LogP contribution is 2.64. The summed E-state index contributed by atoms with van der Waals surface area (Å²) in [6.45, 7) is 5.56. The Labute approximate surface area is 154 Å². The van der Waals surface area contributed by atoms with E-state index in [0.717, 1.165) is 12.0 Å². The Morgan fingerprint density at radius 3 is 2.62 bits per heavy atom. The van der Waals surface area contributed by atoms with Crippen LogP contribution in [-0.2, 0) is 19.6 Å². The van der Waals surface area contributed by atoms with E-state index >= 15 is 0 Å². The molecule has 0 saturated heterocycles. The lowest BCUT2D eigenvalue weighted by molar-refractivity contribution is -0.128. The summed E-state index contributed by atoms with van der Waals surface area (Å²) in [5, 5.41) is 2.67. The molecule has 2 unspecified atom stereocenters. The van der Waals surface area contributed by atoms with Gasteiger partial charge in [0, 0.05) is 17.5 Å². The number of amides is 1. The maximum Gasteiger partial charge on any atom is 0.239 e. The van der Waals surface area contributed by atoms with Crippen LogP contribution in [0.15, 0.2) is 24.3 Å². The molecule has 2 saturated carbocycles. The molecule has 0 radical (unpaired) electrons. The first-order valence-corrected chi connectivity index (χ1v) is 10.6. The Morgan fingerprint density at radius 1 is 1.31 bits per heavy atom. The van der Waals surface area contributed by atoms with Crippen molar-refractivity contribution in [3.63, 3.8) is 0 Å². The van der Waals surface area contributed by atoms with Crippen LogP contribution in [0.5, 0.6) is 0 Å². The van der Waals surface area contributed by atoms with Gasteiger partial charge in [0.15, 0.2) is 0 Å². The summed E-state index contributed by atoms with van der Waals surface area (Å²) in [6.07, 6.45) is 1.97. The maximum absolute atomic E-state index is 12.6. The van der Waals surface area contributed by atoms with Gasteiger partial charge < -0.3 is 5.32 Å². The van der Waals surface area contributed by atoms with Crippen molar-refractivity contribution in [1.29, 1.82) is 0 Å². The highest BCUT2D eigenvalue weighted by molar-refractivity contribution is 7.89. The Hall–Kier alpha value is -1.73. The molecular formula is C19H26N2O4S. The van der Waals surface area contributed by atoms with E-state index < -0.39 is 21.3 Å². The highest BCUT2D eigenvalue weighted by atomic mass is 32.2. The standard InChI is InChI=1S/C19H26N2O4S/c1-13-5-4-6-15(9-13)21-17(23)11-20-26(24,25)12-19-8-7-14(10-16(19)22)18(19,2)3/h4-6,9,14,20H,7-8,10-12H2,1-3H3,(H,21,23). The summed E-state index contributed by atoms with van der Waals surface area (Å²) in [6, 6.07) is 7.28. The number of carbonyl (C=O) groups excluding carboxylic acids is 2. The SMILES string of the molecule is Cc1cccc(NC(=O)CNS(=O)(=O)CC23CCC(CC2=O)C3(C)C)c1. The monoisotopic (exact) mass is 378 g/mol. The summed E-state index contributed by atoms with van der Waals surface area (Å²) < 4.78 is 27.5. The normalized spacial score (nSPS) is 26.9. The molecule has 2 fully saturated rings. The molecule has 2 aliphatic rings. The Morgan fingerprint density at radius 2 is 2.04 bits per heavy atom. The van der Waals surface area contributed by atoms with Crippen molar-refractivity contribution in [2.24, 2.45) is 16.7 Å². The van der Waals surface area contributed by atoms with Gasteiger partial charge in [-0.2, -0.15) is 0 Å². The fourth-order valence-electron chi connectivity index (χ4n) is 4.59. The Kier molecular flexibility index (Phi) is 4.73. The van der Waals surface area contributed by atoms with Crippen LogP contribution < -0.4 is 10.0 Å². The van der Waals surface area contributed by atoms with E-state index in [2.05, 4.69) is 10.0 Å². The lowest BCUT2D eigenvalue weighted by Crippen LogP contribution is -2.46. The van der Waals surface area contributed by atoms with Gasteiger partial charge >= 0.3 is 0 Å². The van der Waals surface area contributed by atoms with Gasteiger partial charge in [-0.15, -0.1) is 0 Å². The first-order valence-electron chi connectivity index (χ1n) is 8.93. The lowest BCUT2D eigenvalue weighted by atomic mass is 9.70. The van der Waals surface area contributed by atoms with Gasteiger partial charge in [-0.1, -0.05) is 26.0 Å². The zero-order valence-electron chi connectivity index (χ0n) is 15.5. The minimum absolute atomic E-state index is 0.0494. The largest absolute Gasteiger partial charge is 0.325 e. The second kappa shape index (κ2) is 6.46. The number of benzene rings is 1. The van der Waals surface area contributed by atoms with Crippen molar-refractivity contribution in [2.45, 2.75) is 40.0 Å². The molecule has 2 aliphatic carbocycles. The number of anilines is 1. The molecule has 0 aliphatic heterocycles. The zero-order chi connectivity index (χ0) is 19.2. The van der Waals surface area contributed by atoms with Gasteiger partial charge in [0.1, 0.15) is 5.78 Å². The molecule has 2 N–H and O–H groups in total. The third-order valence-electron chi connectivity index (χ3n) is 6.33. The van der Waals surface area contributed by atoms with E-state index in [1.165, 1.54) is 0 Å². The van der Waals surface area contributed by atoms with Crippen LogP contribution in [0.2, 0.25) is 0 Å². The van der Waals surface area contributed by atoms with E-state index in [4.69, 9.17) is 0 Å². The molecule has 26 heavy (non-hydrogen) atoms. The van der Waals surface area contributed by atoms with E-state index in [1.54, 1.807) is 6.07 Å². The summed E-state index contributed by atoms with van der Waals surface area (Å²) in [5.74, 6) is -0.360. The molecule has 2 atom stereocenters. The summed E-state index contributed by atoms with van der Waals surface area (Å²) in [4.78, 5) is 24.5. The second-order valence-corrected chi connectivity index (χ2v) is 9.97. The number of sulfonamides is 1. The quantitative estimate of drug-likeness (QED) is 0.794. The molecular weight excluding hydrogens is 352 g/mol. The Bertz CT molecular complexity index is 847. The summed E-state index contributed by atoms with van der Waals surface area (Å²) in [7, 11) is -3.74. The lowest BCUT2D eigenvalue weighted by Gasteiger charge is -2.36. The molecule has 3 rings (SSSR count). The van der Waals surface area contributed by atoms with Gasteiger partial charge in [0.05, 0.1) is 12.3 Å². The molecule has 142 valence electrons. The van der Waals surface area contributed by atoms with Crippen LogP contribution in [0, 0.1) is 23.7 Å². The first-order chi connectivity index (χ1) is 12.1. The number of nitrogens with one attached hydrogen (secondary N) is 2. The number of carbonyl (C=O) groups is 2. The van der Waals surface area contributed by atoms with Crippen molar-refractivity contribution in [1.82, 2.24) is 4.72 Å². The van der Waals surface area contributed by atoms with Crippen LogP contribution in [0.1, 0.15) is 38.7 Å². The van der Waals surface area contributed by atoms with Gasteiger partial charge in [0.2, 0.25) is 15.9 Å². The van der Waals surface area contributed by atoms with Gasteiger partial charge in [-0.05, 0) is 48.8 Å². The van der Waals surface area contributed by atoms with E-state index in [0.29, 0.717) is 18.5 Å². The molecule has 0 spiro atoms. The fourth-order valence-corrected chi connectivity index (χ4v) is 6.37. The van der Waals surface area contributed by atoms with Crippen molar-refractivity contribution >= 4 is 27.4 Å². The summed E-state index contributed by atoms with van der Waals surface area (Å²) in [5.41, 5.74) is 0.484. The summed E-state index contributed by atoms with van der Waals surface area (Å²) >= 11 is 0. The molecule has 2 bridgehead atoms. The average molecular weight is 378 g/mol. The number of aryl methyl sites for hydroxylation is 1. The first kappa shape index (κ1) is 19.0. The van der Waals surface area contributed by atoms with Crippen LogP contribution >= 0.6 is 0 Å². The number of hydrogen-bond acceptors (Lipinski definition) is 4. The second-order valence-electron chi connectivity index (χ2n) is 8.16. The molecule has 1 aromatic rings. The Balaban J connectivity index is 1.63. The number of ketones is 1. The molecule has 6 nitrogen and oxygen atoms in total. The van der Waals surface area contributed by atoms with Crippen molar-refractivity contribution in [3.8, 4) is 0 Å². The van der Waals surface area contributed by atoms with Crippen molar-refractivity contribution < 1.29 is 18.0 Å². The fraction of sp³-hybridized carbons (Fsp3) is 0.579. The van der Waals surface area contributed by atoms with E-state index in [1.807, 2.05) is 39.0 Å².